The molecule has 0 unspecified atom stereocenters. The topological polar surface area (TPSA) is 53.3 Å². The Hall–Kier alpha value is -2.02. The van der Waals surface area contributed by atoms with E-state index in [1.54, 1.807) is 18.8 Å². The van der Waals surface area contributed by atoms with E-state index in [-0.39, 0.29) is 5.56 Å². The Labute approximate surface area is 157 Å². The Bertz CT molecular complexity index is 975. The average Bonchev–Trinajstić information content (AvgIpc) is 3.03. The van der Waals surface area contributed by atoms with Gasteiger partial charge in [-0.1, -0.05) is 23.8 Å². The summed E-state index contributed by atoms with van der Waals surface area (Å²) >= 11 is 1.52. The third-order valence-electron chi connectivity index (χ3n) is 4.49. The van der Waals surface area contributed by atoms with Gasteiger partial charge in [-0.2, -0.15) is 0 Å². The van der Waals surface area contributed by atoms with Crippen LogP contribution in [-0.4, -0.2) is 37.0 Å². The SMILES string of the molecule is COCCc1nc2scc(-c3ccc(C)cc3C)c2c(=O)n1CCOC. The molecule has 26 heavy (non-hydrogen) atoms. The molecule has 0 spiro atoms. The lowest BCUT2D eigenvalue weighted by Gasteiger charge is -2.13. The van der Waals surface area contributed by atoms with Crippen LogP contribution in [0.25, 0.3) is 21.3 Å². The van der Waals surface area contributed by atoms with Gasteiger partial charge in [0.1, 0.15) is 10.7 Å². The van der Waals surface area contributed by atoms with Crippen molar-refractivity contribution in [3.8, 4) is 11.1 Å². The first kappa shape index (κ1) is 18.8. The molecule has 0 aliphatic carbocycles. The van der Waals surface area contributed by atoms with Crippen LogP contribution in [0.4, 0.5) is 0 Å². The summed E-state index contributed by atoms with van der Waals surface area (Å²) in [6.07, 6.45) is 0.599. The summed E-state index contributed by atoms with van der Waals surface area (Å²) in [6.45, 7) is 5.63. The number of benzene rings is 1. The van der Waals surface area contributed by atoms with Gasteiger partial charge in [-0.05, 0) is 25.0 Å². The van der Waals surface area contributed by atoms with Crippen molar-refractivity contribution in [2.24, 2.45) is 0 Å². The van der Waals surface area contributed by atoms with E-state index in [1.165, 1.54) is 16.9 Å². The van der Waals surface area contributed by atoms with Crippen molar-refractivity contribution in [2.45, 2.75) is 26.8 Å². The minimum absolute atomic E-state index is 0.00521. The van der Waals surface area contributed by atoms with Crippen LogP contribution in [-0.2, 0) is 22.4 Å². The van der Waals surface area contributed by atoms with Crippen LogP contribution in [0.5, 0.6) is 0 Å². The van der Waals surface area contributed by atoms with Gasteiger partial charge in [0, 0.05) is 31.6 Å². The number of ether oxygens (including phenoxy) is 2. The smallest absolute Gasteiger partial charge is 0.262 e. The lowest BCUT2D eigenvalue weighted by Crippen LogP contribution is -2.27. The van der Waals surface area contributed by atoms with Gasteiger partial charge < -0.3 is 9.47 Å². The number of hydrogen-bond acceptors (Lipinski definition) is 5. The van der Waals surface area contributed by atoms with E-state index in [9.17, 15) is 4.79 Å². The van der Waals surface area contributed by atoms with Gasteiger partial charge >= 0.3 is 0 Å². The van der Waals surface area contributed by atoms with E-state index in [0.29, 0.717) is 31.6 Å². The number of aryl methyl sites for hydroxylation is 2. The Morgan fingerprint density at radius 2 is 1.88 bits per heavy atom. The first-order valence-electron chi connectivity index (χ1n) is 8.63. The molecule has 5 nitrogen and oxygen atoms in total. The van der Waals surface area contributed by atoms with E-state index in [1.807, 2.05) is 5.38 Å². The number of fused-ring (bicyclic) bond motifs is 1. The molecule has 2 heterocycles. The molecule has 0 aliphatic rings. The molecule has 6 heteroatoms. The van der Waals surface area contributed by atoms with Crippen molar-refractivity contribution in [3.63, 3.8) is 0 Å². The minimum Gasteiger partial charge on any atom is -0.384 e. The van der Waals surface area contributed by atoms with Crippen molar-refractivity contribution in [1.29, 1.82) is 0 Å². The lowest BCUT2D eigenvalue weighted by atomic mass is 9.99. The molecule has 0 N–H and O–H groups in total. The Kier molecular flexibility index (Phi) is 5.86. The fourth-order valence-electron chi connectivity index (χ4n) is 3.18. The highest BCUT2D eigenvalue weighted by atomic mass is 32.1. The van der Waals surface area contributed by atoms with Gasteiger partial charge in [-0.15, -0.1) is 11.3 Å². The number of nitrogens with zero attached hydrogens (tertiary/aromatic N) is 2. The van der Waals surface area contributed by atoms with Crippen LogP contribution < -0.4 is 5.56 Å². The fraction of sp³-hybridized carbons (Fsp3) is 0.400. The second-order valence-corrected chi connectivity index (χ2v) is 7.23. The van der Waals surface area contributed by atoms with Crippen LogP contribution in [0.2, 0.25) is 0 Å². The predicted octanol–water partition coefficient (Wildman–Crippen LogP) is 3.58. The van der Waals surface area contributed by atoms with Gasteiger partial charge in [0.05, 0.1) is 25.1 Å². The van der Waals surface area contributed by atoms with Gasteiger partial charge in [-0.3, -0.25) is 9.36 Å². The lowest BCUT2D eigenvalue weighted by molar-refractivity contribution is 0.180. The van der Waals surface area contributed by atoms with Crippen LogP contribution >= 0.6 is 11.3 Å². The Morgan fingerprint density at radius 1 is 1.12 bits per heavy atom. The zero-order chi connectivity index (χ0) is 18.7. The molecule has 2 aromatic heterocycles. The Balaban J connectivity index is 2.20. The van der Waals surface area contributed by atoms with Crippen molar-refractivity contribution in [2.75, 3.05) is 27.4 Å². The first-order chi connectivity index (χ1) is 12.6. The van der Waals surface area contributed by atoms with E-state index < -0.39 is 0 Å². The van der Waals surface area contributed by atoms with E-state index >= 15 is 0 Å². The highest BCUT2D eigenvalue weighted by Crippen LogP contribution is 2.33. The minimum atomic E-state index is -0.00521. The predicted molar refractivity (Wildman–Crippen MR) is 106 cm³/mol. The largest absolute Gasteiger partial charge is 0.384 e. The molecule has 0 saturated carbocycles. The molecule has 0 fully saturated rings. The molecular weight excluding hydrogens is 348 g/mol. The monoisotopic (exact) mass is 372 g/mol. The molecule has 0 aliphatic heterocycles. The van der Waals surface area contributed by atoms with Crippen molar-refractivity contribution >= 4 is 21.6 Å². The maximum Gasteiger partial charge on any atom is 0.262 e. The molecule has 0 bridgehead atoms. The number of thiophene rings is 1. The molecule has 0 radical (unpaired) electrons. The molecule has 3 rings (SSSR count). The molecule has 3 aromatic rings. The molecule has 138 valence electrons. The van der Waals surface area contributed by atoms with Crippen LogP contribution in [0.1, 0.15) is 17.0 Å². The van der Waals surface area contributed by atoms with Crippen molar-refractivity contribution in [1.82, 2.24) is 9.55 Å². The number of hydrogen-bond donors (Lipinski definition) is 0. The average molecular weight is 372 g/mol. The maximum absolute atomic E-state index is 13.3. The normalized spacial score (nSPS) is 11.4. The standard InChI is InChI=1S/C20H24N2O3S/c1-13-5-6-15(14(2)11-13)16-12-26-19-18(16)20(23)22(8-10-25-4)17(21-19)7-9-24-3/h5-6,11-12H,7-10H2,1-4H3. The summed E-state index contributed by atoms with van der Waals surface area (Å²) in [5, 5.41) is 2.73. The number of methoxy groups -OCH3 is 2. The highest BCUT2D eigenvalue weighted by molar-refractivity contribution is 7.17. The fourth-order valence-corrected chi connectivity index (χ4v) is 4.13. The zero-order valence-electron chi connectivity index (χ0n) is 15.7. The summed E-state index contributed by atoms with van der Waals surface area (Å²) in [6, 6.07) is 6.31. The van der Waals surface area contributed by atoms with Gasteiger partial charge in [0.2, 0.25) is 0 Å². The second-order valence-electron chi connectivity index (χ2n) is 6.37. The van der Waals surface area contributed by atoms with Gasteiger partial charge in [-0.25, -0.2) is 4.98 Å². The summed E-state index contributed by atoms with van der Waals surface area (Å²) in [7, 11) is 3.29. The van der Waals surface area contributed by atoms with E-state index in [0.717, 1.165) is 27.3 Å². The summed E-state index contributed by atoms with van der Waals surface area (Å²) < 4.78 is 12.1. The molecule has 1 aromatic carbocycles. The summed E-state index contributed by atoms with van der Waals surface area (Å²) in [5.74, 6) is 0.746. The van der Waals surface area contributed by atoms with Crippen molar-refractivity contribution < 1.29 is 9.47 Å². The van der Waals surface area contributed by atoms with Crippen LogP contribution in [0.15, 0.2) is 28.4 Å². The van der Waals surface area contributed by atoms with Crippen molar-refractivity contribution in [3.05, 3.63) is 50.9 Å². The number of rotatable bonds is 7. The number of aromatic nitrogens is 2. The Morgan fingerprint density at radius 3 is 2.58 bits per heavy atom. The molecule has 0 saturated heterocycles. The highest BCUT2D eigenvalue weighted by Gasteiger charge is 2.17. The molecule has 0 amide bonds. The van der Waals surface area contributed by atoms with E-state index in [4.69, 9.17) is 14.5 Å². The quantitative estimate of drug-likeness (QED) is 0.636. The maximum atomic E-state index is 13.3. The molecular formula is C20H24N2O3S. The van der Waals surface area contributed by atoms with Gasteiger partial charge in [0.15, 0.2) is 0 Å². The zero-order valence-corrected chi connectivity index (χ0v) is 16.5. The van der Waals surface area contributed by atoms with Crippen LogP contribution in [0.3, 0.4) is 0 Å². The summed E-state index contributed by atoms with van der Waals surface area (Å²) in [4.78, 5) is 18.8. The third-order valence-corrected chi connectivity index (χ3v) is 5.37. The van der Waals surface area contributed by atoms with Gasteiger partial charge in [0.25, 0.3) is 5.56 Å². The molecule has 0 atom stereocenters. The third kappa shape index (κ3) is 3.58. The van der Waals surface area contributed by atoms with E-state index in [2.05, 4.69) is 32.0 Å². The summed E-state index contributed by atoms with van der Waals surface area (Å²) in [5.41, 5.74) is 4.42. The van der Waals surface area contributed by atoms with Crippen LogP contribution in [0, 0.1) is 13.8 Å². The first-order valence-corrected chi connectivity index (χ1v) is 9.51. The second kappa shape index (κ2) is 8.12.